The number of piperidine rings is 2. The van der Waals surface area contributed by atoms with Gasteiger partial charge >= 0.3 is 0 Å². The molecule has 2 heteroatoms. The summed E-state index contributed by atoms with van der Waals surface area (Å²) < 4.78 is 0. The van der Waals surface area contributed by atoms with Crippen molar-refractivity contribution in [2.75, 3.05) is 13.1 Å². The molecule has 3 saturated heterocycles. The van der Waals surface area contributed by atoms with E-state index in [1.807, 2.05) is 0 Å². The molecular formula is C19H22N2. The molecule has 2 bridgehead atoms. The van der Waals surface area contributed by atoms with Crippen molar-refractivity contribution in [2.24, 2.45) is 0 Å². The van der Waals surface area contributed by atoms with Crippen molar-refractivity contribution < 1.29 is 0 Å². The largest absolute Gasteiger partial charge is 0.311 e. The molecule has 2 nitrogen and oxygen atoms in total. The highest BCUT2D eigenvalue weighted by Gasteiger charge is 2.38. The molecule has 5 rings (SSSR count). The highest BCUT2D eigenvalue weighted by molar-refractivity contribution is 5.32. The second kappa shape index (κ2) is 5.63. The fourth-order valence-electron chi connectivity index (χ4n) is 3.91. The van der Waals surface area contributed by atoms with Crippen LogP contribution in [0, 0.1) is 0 Å². The van der Waals surface area contributed by atoms with E-state index in [1.54, 1.807) is 0 Å². The zero-order valence-electron chi connectivity index (χ0n) is 12.3. The maximum absolute atomic E-state index is 3.66. The van der Waals surface area contributed by atoms with Gasteiger partial charge < -0.3 is 5.32 Å². The van der Waals surface area contributed by atoms with Gasteiger partial charge in [-0.1, -0.05) is 60.7 Å². The molecule has 0 aliphatic carbocycles. The molecule has 0 saturated carbocycles. The van der Waals surface area contributed by atoms with E-state index in [-0.39, 0.29) is 0 Å². The maximum atomic E-state index is 3.66. The molecule has 0 radical (unpaired) electrons. The van der Waals surface area contributed by atoms with E-state index in [1.165, 1.54) is 30.5 Å². The first-order valence-electron chi connectivity index (χ1n) is 8.01. The van der Waals surface area contributed by atoms with Gasteiger partial charge in [0.05, 0.1) is 6.04 Å². The van der Waals surface area contributed by atoms with Crippen LogP contribution in [0.1, 0.15) is 30.0 Å². The molecule has 21 heavy (non-hydrogen) atoms. The molecule has 2 aromatic rings. The smallest absolute Gasteiger partial charge is 0.0605 e. The van der Waals surface area contributed by atoms with Gasteiger partial charge in [-0.15, -0.1) is 0 Å². The summed E-state index contributed by atoms with van der Waals surface area (Å²) >= 11 is 0. The summed E-state index contributed by atoms with van der Waals surface area (Å²) in [5.41, 5.74) is 2.83. The SMILES string of the molecule is c1ccc(C(c2ccccc2)N2CC3CCC2CN3)cc1. The van der Waals surface area contributed by atoms with Crippen molar-refractivity contribution in [3.05, 3.63) is 71.8 Å². The van der Waals surface area contributed by atoms with Gasteiger partial charge in [-0.25, -0.2) is 0 Å². The van der Waals surface area contributed by atoms with E-state index >= 15 is 0 Å². The zero-order valence-corrected chi connectivity index (χ0v) is 12.3. The summed E-state index contributed by atoms with van der Waals surface area (Å²) in [6, 6.07) is 23.7. The minimum absolute atomic E-state index is 0.391. The van der Waals surface area contributed by atoms with Crippen molar-refractivity contribution >= 4 is 0 Å². The van der Waals surface area contributed by atoms with Crippen LogP contribution >= 0.6 is 0 Å². The van der Waals surface area contributed by atoms with Gasteiger partial charge in [0.1, 0.15) is 0 Å². The van der Waals surface area contributed by atoms with E-state index in [9.17, 15) is 0 Å². The number of nitrogens with zero attached hydrogens (tertiary/aromatic N) is 1. The summed E-state index contributed by atoms with van der Waals surface area (Å²) in [6.07, 6.45) is 2.66. The Morgan fingerprint density at radius 2 is 1.48 bits per heavy atom. The van der Waals surface area contributed by atoms with Crippen LogP contribution in [0.5, 0.6) is 0 Å². The van der Waals surface area contributed by atoms with Crippen LogP contribution in [-0.2, 0) is 0 Å². The van der Waals surface area contributed by atoms with Crippen LogP contribution in [0.3, 0.4) is 0 Å². The van der Waals surface area contributed by atoms with Gasteiger partial charge in [0, 0.05) is 25.2 Å². The van der Waals surface area contributed by atoms with E-state index in [4.69, 9.17) is 0 Å². The molecule has 0 spiro atoms. The molecule has 108 valence electrons. The Labute approximate surface area is 126 Å². The van der Waals surface area contributed by atoms with Crippen LogP contribution in [0.25, 0.3) is 0 Å². The molecule has 3 aliphatic heterocycles. The first-order chi connectivity index (χ1) is 10.4. The molecule has 2 atom stereocenters. The highest BCUT2D eigenvalue weighted by atomic mass is 15.3. The third kappa shape index (κ3) is 2.50. The topological polar surface area (TPSA) is 15.3 Å². The number of hydrogen-bond donors (Lipinski definition) is 1. The molecular weight excluding hydrogens is 256 g/mol. The lowest BCUT2D eigenvalue weighted by atomic mass is 9.87. The number of rotatable bonds is 3. The van der Waals surface area contributed by atoms with Crippen LogP contribution in [0.15, 0.2) is 60.7 Å². The Bertz CT molecular complexity index is 534. The molecule has 2 unspecified atom stereocenters. The third-order valence-electron chi connectivity index (χ3n) is 4.95. The number of hydrogen-bond acceptors (Lipinski definition) is 2. The molecule has 0 amide bonds. The lowest BCUT2D eigenvalue weighted by Gasteiger charge is -2.49. The van der Waals surface area contributed by atoms with Crippen LogP contribution in [0.2, 0.25) is 0 Å². The molecule has 3 heterocycles. The zero-order chi connectivity index (χ0) is 14.1. The van der Waals surface area contributed by atoms with Gasteiger partial charge in [-0.05, 0) is 24.0 Å². The van der Waals surface area contributed by atoms with E-state index in [0.717, 1.165) is 6.54 Å². The summed E-state index contributed by atoms with van der Waals surface area (Å²) in [5.74, 6) is 0. The Balaban J connectivity index is 1.74. The van der Waals surface area contributed by atoms with Crippen LogP contribution in [-0.4, -0.2) is 30.1 Å². The second-order valence-electron chi connectivity index (χ2n) is 6.26. The van der Waals surface area contributed by atoms with Gasteiger partial charge in [-0.2, -0.15) is 0 Å². The average Bonchev–Trinajstić information content (AvgIpc) is 2.58. The average molecular weight is 278 g/mol. The van der Waals surface area contributed by atoms with Crippen LogP contribution < -0.4 is 5.32 Å². The summed E-state index contributed by atoms with van der Waals surface area (Å²) in [7, 11) is 0. The van der Waals surface area contributed by atoms with Crippen molar-refractivity contribution in [2.45, 2.75) is 31.0 Å². The van der Waals surface area contributed by atoms with Gasteiger partial charge in [0.25, 0.3) is 0 Å². The summed E-state index contributed by atoms with van der Waals surface area (Å²) in [5, 5.41) is 3.66. The summed E-state index contributed by atoms with van der Waals surface area (Å²) in [6.45, 7) is 2.31. The van der Waals surface area contributed by atoms with Crippen LogP contribution in [0.4, 0.5) is 0 Å². The quantitative estimate of drug-likeness (QED) is 0.927. The van der Waals surface area contributed by atoms with Crippen molar-refractivity contribution in [3.8, 4) is 0 Å². The Kier molecular flexibility index (Phi) is 3.50. The third-order valence-corrected chi connectivity index (χ3v) is 4.95. The predicted octanol–water partition coefficient (Wildman–Crippen LogP) is 3.21. The van der Waals surface area contributed by atoms with Crippen molar-refractivity contribution in [1.29, 1.82) is 0 Å². The lowest BCUT2D eigenvalue weighted by Crippen LogP contribution is -2.61. The predicted molar refractivity (Wildman–Crippen MR) is 86.2 cm³/mol. The minimum Gasteiger partial charge on any atom is -0.311 e. The van der Waals surface area contributed by atoms with Gasteiger partial charge in [0.2, 0.25) is 0 Å². The van der Waals surface area contributed by atoms with E-state index in [0.29, 0.717) is 18.1 Å². The van der Waals surface area contributed by atoms with Crippen molar-refractivity contribution in [3.63, 3.8) is 0 Å². The number of benzene rings is 2. The lowest BCUT2D eigenvalue weighted by molar-refractivity contribution is 0.0495. The Hall–Kier alpha value is -1.64. The fourth-order valence-corrected chi connectivity index (χ4v) is 3.91. The number of piperazine rings is 1. The normalized spacial score (nSPS) is 25.4. The standard InChI is InChI=1S/C19H22N2/c1-3-7-15(8-4-1)19(16-9-5-2-6-10-16)21-14-17-11-12-18(21)13-20-17/h1-10,17-20H,11-14H2. The van der Waals surface area contributed by atoms with E-state index < -0.39 is 0 Å². The van der Waals surface area contributed by atoms with Crippen molar-refractivity contribution in [1.82, 2.24) is 10.2 Å². The Morgan fingerprint density at radius 1 is 0.857 bits per heavy atom. The molecule has 1 N–H and O–H groups in total. The minimum atomic E-state index is 0.391. The van der Waals surface area contributed by atoms with Gasteiger partial charge in [0.15, 0.2) is 0 Å². The number of nitrogens with one attached hydrogen (secondary N) is 1. The first-order valence-corrected chi connectivity index (χ1v) is 8.01. The molecule has 3 fully saturated rings. The molecule has 0 aromatic heterocycles. The maximum Gasteiger partial charge on any atom is 0.0605 e. The summed E-state index contributed by atoms with van der Waals surface area (Å²) in [4.78, 5) is 2.72. The van der Waals surface area contributed by atoms with Gasteiger partial charge in [-0.3, -0.25) is 4.90 Å². The highest BCUT2D eigenvalue weighted by Crippen LogP contribution is 2.35. The monoisotopic (exact) mass is 278 g/mol. The molecule has 2 aromatic carbocycles. The second-order valence-corrected chi connectivity index (χ2v) is 6.26. The number of fused-ring (bicyclic) bond motifs is 3. The fraction of sp³-hybridized carbons (Fsp3) is 0.368. The Morgan fingerprint density at radius 3 is 1.90 bits per heavy atom. The molecule has 3 aliphatic rings. The first kappa shape index (κ1) is 13.1. The van der Waals surface area contributed by atoms with E-state index in [2.05, 4.69) is 70.9 Å².